The molecule has 62 heavy (non-hydrogen) atoms. The summed E-state index contributed by atoms with van der Waals surface area (Å²) in [6, 6.07) is 11.4. The lowest BCUT2D eigenvalue weighted by molar-refractivity contribution is -0.288. The zero-order chi connectivity index (χ0) is 45.6. The number of ketones is 2. The summed E-state index contributed by atoms with van der Waals surface area (Å²) in [6.07, 6.45) is -12.5. The predicted molar refractivity (Wildman–Crippen MR) is 189 cm³/mol. The Kier molecular flexibility index (Phi) is 11.9. The van der Waals surface area contributed by atoms with Gasteiger partial charge in [-0.3, -0.25) is 9.59 Å². The first-order chi connectivity index (χ1) is 29.0. The van der Waals surface area contributed by atoms with Gasteiger partial charge in [0.05, 0.1) is 0 Å². The highest BCUT2D eigenvalue weighted by molar-refractivity contribution is 6.10. The largest absolute Gasteiger partial charge is 0.508 e. The summed E-state index contributed by atoms with van der Waals surface area (Å²) in [5.41, 5.74) is -12.6. The number of hydrogen-bond acceptors (Lipinski definition) is 5. The SMILES string of the molecule is CCc1c(F)c(F)c(C(=O)c2ccc(Oc3ccc(C(=O)c4c(F)c(F)c(Oc5ccc(C(c6ccc(O)cc6)(C(F)(F)F)C(F)(F)F)cc5)c(F)c4F)cc3)cc2)c(F)c1F. The van der Waals surface area contributed by atoms with Crippen LogP contribution in [-0.4, -0.2) is 29.0 Å². The summed E-state index contributed by atoms with van der Waals surface area (Å²) in [5, 5.41) is 9.44. The Morgan fingerprint density at radius 3 is 1.15 bits per heavy atom. The molecular formula is C43H22F14O5. The zero-order valence-electron chi connectivity index (χ0n) is 30.8. The first kappa shape index (κ1) is 44.6. The van der Waals surface area contributed by atoms with Crippen molar-refractivity contribution in [1.29, 1.82) is 0 Å². The molecule has 0 amide bonds. The van der Waals surface area contributed by atoms with Gasteiger partial charge in [-0.25, -0.2) is 26.3 Å². The van der Waals surface area contributed by atoms with Crippen molar-refractivity contribution in [1.82, 2.24) is 0 Å². The van der Waals surface area contributed by atoms with E-state index in [0.717, 1.165) is 48.5 Å². The van der Waals surface area contributed by atoms with Crippen LogP contribution in [0, 0.1) is 46.5 Å². The smallest absolute Gasteiger partial charge is 0.411 e. The number of phenols is 1. The number of halogens is 14. The second-order valence-corrected chi connectivity index (χ2v) is 13.2. The quantitative estimate of drug-likeness (QED) is 0.0797. The number of benzene rings is 6. The lowest BCUT2D eigenvalue weighted by Gasteiger charge is -2.38. The maximum Gasteiger partial charge on any atom is 0.411 e. The molecule has 5 nitrogen and oxygen atoms in total. The summed E-state index contributed by atoms with van der Waals surface area (Å²) in [5.74, 6) is -23.0. The summed E-state index contributed by atoms with van der Waals surface area (Å²) in [7, 11) is 0. The average molecular weight is 885 g/mol. The number of phenolic OH excluding ortho intramolecular Hbond substituents is 1. The third kappa shape index (κ3) is 7.66. The maximum absolute atomic E-state index is 15.2. The third-order valence-corrected chi connectivity index (χ3v) is 9.51. The third-order valence-electron chi connectivity index (χ3n) is 9.51. The molecule has 0 aliphatic rings. The molecule has 0 saturated carbocycles. The Bertz CT molecular complexity index is 2620. The van der Waals surface area contributed by atoms with Crippen LogP contribution in [0.15, 0.2) is 97.1 Å². The minimum atomic E-state index is -6.05. The van der Waals surface area contributed by atoms with Crippen LogP contribution in [0.2, 0.25) is 0 Å². The molecule has 6 aromatic carbocycles. The number of ether oxygens (including phenoxy) is 2. The molecule has 6 rings (SSSR count). The van der Waals surface area contributed by atoms with Gasteiger partial charge in [0.2, 0.25) is 22.8 Å². The molecule has 19 heteroatoms. The van der Waals surface area contributed by atoms with Crippen LogP contribution in [0.4, 0.5) is 61.5 Å². The van der Waals surface area contributed by atoms with Gasteiger partial charge < -0.3 is 14.6 Å². The van der Waals surface area contributed by atoms with E-state index in [1.807, 2.05) is 0 Å². The minimum Gasteiger partial charge on any atom is -0.508 e. The number of carbonyl (C=O) groups excluding carboxylic acids is 2. The molecule has 0 aromatic heterocycles. The van der Waals surface area contributed by atoms with Crippen molar-refractivity contribution in [3.8, 4) is 28.7 Å². The molecule has 0 bridgehead atoms. The molecule has 0 saturated heterocycles. The Morgan fingerprint density at radius 2 is 0.790 bits per heavy atom. The van der Waals surface area contributed by atoms with Gasteiger partial charge in [-0.2, -0.15) is 35.1 Å². The highest BCUT2D eigenvalue weighted by Gasteiger charge is 2.72. The summed E-state index contributed by atoms with van der Waals surface area (Å²) >= 11 is 0. The predicted octanol–water partition coefficient (Wildman–Crippen LogP) is 12.5. The first-order valence-electron chi connectivity index (χ1n) is 17.4. The van der Waals surface area contributed by atoms with Crippen LogP contribution < -0.4 is 9.47 Å². The summed E-state index contributed by atoms with van der Waals surface area (Å²) < 4.78 is 215. The Labute approximate surface area is 339 Å². The van der Waals surface area contributed by atoms with Crippen molar-refractivity contribution in [3.63, 3.8) is 0 Å². The molecule has 0 atom stereocenters. The Hall–Kier alpha value is -6.92. The number of alkyl halides is 6. The lowest BCUT2D eigenvalue weighted by atomic mass is 9.73. The molecule has 322 valence electrons. The lowest BCUT2D eigenvalue weighted by Crippen LogP contribution is -2.54. The van der Waals surface area contributed by atoms with E-state index >= 15 is 17.6 Å². The molecule has 0 aliphatic carbocycles. The Balaban J connectivity index is 1.21. The number of rotatable bonds is 11. The summed E-state index contributed by atoms with van der Waals surface area (Å²) in [4.78, 5) is 25.8. The van der Waals surface area contributed by atoms with E-state index in [0.29, 0.717) is 36.4 Å². The fourth-order valence-corrected chi connectivity index (χ4v) is 6.45. The van der Waals surface area contributed by atoms with E-state index in [-0.39, 0.29) is 23.6 Å². The molecule has 1 N–H and O–H groups in total. The van der Waals surface area contributed by atoms with Gasteiger partial charge in [0, 0.05) is 16.7 Å². The zero-order valence-corrected chi connectivity index (χ0v) is 30.8. The van der Waals surface area contributed by atoms with E-state index < -0.39 is 138 Å². The van der Waals surface area contributed by atoms with Crippen molar-refractivity contribution < 1.29 is 85.6 Å². The number of aromatic hydroxyl groups is 1. The van der Waals surface area contributed by atoms with Crippen LogP contribution in [-0.2, 0) is 11.8 Å². The normalized spacial score (nSPS) is 12.0. The van der Waals surface area contributed by atoms with E-state index in [9.17, 15) is 58.6 Å². The molecule has 0 unspecified atom stereocenters. The molecule has 0 radical (unpaired) electrons. The van der Waals surface area contributed by atoms with Gasteiger partial charge in [-0.05, 0) is 90.3 Å². The summed E-state index contributed by atoms with van der Waals surface area (Å²) in [6.45, 7) is 1.24. The van der Waals surface area contributed by atoms with Crippen molar-refractivity contribution in [2.24, 2.45) is 0 Å². The molecule has 0 aliphatic heterocycles. The molecule has 0 spiro atoms. The van der Waals surface area contributed by atoms with E-state index in [1.165, 1.54) is 6.92 Å². The Morgan fingerprint density at radius 1 is 0.468 bits per heavy atom. The molecular weight excluding hydrogens is 862 g/mol. The van der Waals surface area contributed by atoms with Gasteiger partial charge in [0.15, 0.2) is 46.5 Å². The monoisotopic (exact) mass is 884 g/mol. The minimum absolute atomic E-state index is 0.0518. The van der Waals surface area contributed by atoms with E-state index in [1.54, 1.807) is 0 Å². The topological polar surface area (TPSA) is 72.8 Å². The fourth-order valence-electron chi connectivity index (χ4n) is 6.45. The van der Waals surface area contributed by atoms with Crippen LogP contribution in [0.3, 0.4) is 0 Å². The highest BCUT2D eigenvalue weighted by atomic mass is 19.4. The van der Waals surface area contributed by atoms with Crippen LogP contribution in [0.25, 0.3) is 0 Å². The molecule has 0 fully saturated rings. The van der Waals surface area contributed by atoms with Crippen LogP contribution >= 0.6 is 0 Å². The van der Waals surface area contributed by atoms with Crippen LogP contribution in [0.5, 0.6) is 28.7 Å². The van der Waals surface area contributed by atoms with E-state index in [4.69, 9.17) is 9.47 Å². The second kappa shape index (κ2) is 16.5. The van der Waals surface area contributed by atoms with Crippen molar-refractivity contribution >= 4 is 11.6 Å². The van der Waals surface area contributed by atoms with Gasteiger partial charge >= 0.3 is 12.4 Å². The fraction of sp³-hybridized carbons (Fsp3) is 0.116. The second-order valence-electron chi connectivity index (χ2n) is 13.2. The highest BCUT2D eigenvalue weighted by Crippen LogP contribution is 2.56. The van der Waals surface area contributed by atoms with Crippen molar-refractivity contribution in [3.05, 3.63) is 183 Å². The maximum atomic E-state index is 15.2. The van der Waals surface area contributed by atoms with Crippen molar-refractivity contribution in [2.45, 2.75) is 31.1 Å². The van der Waals surface area contributed by atoms with Gasteiger partial charge in [0.25, 0.3) is 0 Å². The molecule has 0 heterocycles. The standard InChI is InChI=1S/C43H22F14O5/c1-2-27-30(44)32(46)28(33(47)31(27)45)38(59)19-3-13-24(14-4-19)61-25-15-5-20(6-16-25)39(60)29-34(48)36(50)40(37(51)35(29)49)62-26-17-9-22(10-18-26)41(42(52,53)54,43(55,56)57)21-7-11-23(58)12-8-21/h3-18,58H,2H2,1H3. The van der Waals surface area contributed by atoms with Crippen LogP contribution in [0.1, 0.15) is 55.5 Å². The average Bonchev–Trinajstić information content (AvgIpc) is 3.22. The van der Waals surface area contributed by atoms with Gasteiger partial charge in [-0.1, -0.05) is 31.2 Å². The number of carbonyl (C=O) groups is 2. The van der Waals surface area contributed by atoms with Crippen molar-refractivity contribution in [2.75, 3.05) is 0 Å². The number of hydrogen-bond donors (Lipinski definition) is 1. The first-order valence-corrected chi connectivity index (χ1v) is 17.4. The van der Waals surface area contributed by atoms with Gasteiger partial charge in [-0.15, -0.1) is 0 Å². The van der Waals surface area contributed by atoms with Gasteiger partial charge in [0.1, 0.15) is 34.1 Å². The molecule has 6 aromatic rings. The van der Waals surface area contributed by atoms with E-state index in [2.05, 4.69) is 0 Å².